The largest absolute Gasteiger partial charge is 0.408 e. The number of halogens is 4. The third-order valence-corrected chi connectivity index (χ3v) is 2.59. The molecule has 0 spiro atoms. The summed E-state index contributed by atoms with van der Waals surface area (Å²) in [5, 5.41) is 3.89. The molecule has 6 nitrogen and oxygen atoms in total. The molecule has 0 aliphatic carbocycles. The first-order valence-electron chi connectivity index (χ1n) is 9.45. The molecule has 2 aromatic heterocycles. The summed E-state index contributed by atoms with van der Waals surface area (Å²) in [4.78, 5) is 15.2. The van der Waals surface area contributed by atoms with Crippen LogP contribution in [0.4, 0.5) is 25.1 Å². The summed E-state index contributed by atoms with van der Waals surface area (Å²) in [5.74, 6) is -1.64. The minimum Gasteiger partial charge on any atom is -0.352 e. The van der Waals surface area contributed by atoms with Crippen molar-refractivity contribution in [3.63, 3.8) is 0 Å². The molecule has 0 saturated carbocycles. The standard InChI is InChI=1S/C14H16ClF3N6/c1-7(2)19-12-22-11(9-5-4-6-10(15)21-9)23-13(24-12)20-8(3)14(16,17)18/h4-8H,1-3H3,(H2,19,20,22,23,24)/t8-/m1/s1/i3D3,4D,7D,8D. The molecule has 0 aromatic carbocycles. The maximum absolute atomic E-state index is 13.4. The summed E-state index contributed by atoms with van der Waals surface area (Å²) in [6.07, 6.45) is -5.52. The van der Waals surface area contributed by atoms with Crippen LogP contribution in [0.1, 0.15) is 28.9 Å². The number of rotatable bonds is 5. The molecule has 2 aromatic rings. The van der Waals surface area contributed by atoms with Gasteiger partial charge in [0, 0.05) is 10.1 Å². The van der Waals surface area contributed by atoms with Crippen LogP contribution in [0, 0.1) is 0 Å². The molecule has 1 atom stereocenters. The van der Waals surface area contributed by atoms with Crippen LogP contribution in [-0.4, -0.2) is 38.1 Å². The van der Waals surface area contributed by atoms with Crippen molar-refractivity contribution in [3.05, 3.63) is 23.3 Å². The molecule has 2 N–H and O–H groups in total. The molecule has 0 saturated heterocycles. The predicted molar refractivity (Wildman–Crippen MR) is 86.0 cm³/mol. The maximum Gasteiger partial charge on any atom is 0.408 e. The fourth-order valence-corrected chi connectivity index (χ4v) is 1.65. The van der Waals surface area contributed by atoms with Crippen molar-refractivity contribution in [3.8, 4) is 11.5 Å². The van der Waals surface area contributed by atoms with E-state index in [4.69, 9.17) is 19.8 Å². The number of nitrogens with zero attached hydrogens (tertiary/aromatic N) is 4. The number of alkyl halides is 3. The van der Waals surface area contributed by atoms with Gasteiger partial charge in [-0.25, -0.2) is 4.98 Å². The van der Waals surface area contributed by atoms with Gasteiger partial charge in [-0.3, -0.25) is 0 Å². The number of hydrogen-bond donors (Lipinski definition) is 2. The lowest BCUT2D eigenvalue weighted by Gasteiger charge is -2.18. The van der Waals surface area contributed by atoms with Gasteiger partial charge in [0.1, 0.15) is 16.9 Å². The summed E-state index contributed by atoms with van der Waals surface area (Å²) in [6, 6.07) is -3.23. The first-order chi connectivity index (χ1) is 13.4. The van der Waals surface area contributed by atoms with Crippen molar-refractivity contribution in [1.29, 1.82) is 0 Å². The van der Waals surface area contributed by atoms with E-state index >= 15 is 0 Å². The molecule has 0 bridgehead atoms. The van der Waals surface area contributed by atoms with Crippen LogP contribution in [0.5, 0.6) is 0 Å². The number of hydrogen-bond acceptors (Lipinski definition) is 6. The van der Waals surface area contributed by atoms with E-state index in [0.29, 0.717) is 0 Å². The summed E-state index contributed by atoms with van der Waals surface area (Å²) in [7, 11) is 0. The molecular formula is C14H16ClF3N6. The Balaban J connectivity index is 2.65. The second-order valence-electron chi connectivity index (χ2n) is 4.70. The topological polar surface area (TPSA) is 75.6 Å². The Bertz CT molecular complexity index is 900. The highest BCUT2D eigenvalue weighted by Crippen LogP contribution is 2.24. The molecule has 0 aliphatic rings. The zero-order valence-corrected chi connectivity index (χ0v) is 13.2. The molecule has 0 radical (unpaired) electrons. The third kappa shape index (κ3) is 4.92. The molecule has 0 fully saturated rings. The Hall–Kier alpha value is -2.16. The van der Waals surface area contributed by atoms with Gasteiger partial charge in [-0.05, 0) is 32.8 Å². The van der Waals surface area contributed by atoms with E-state index in [1.165, 1.54) is 31.3 Å². The number of anilines is 2. The van der Waals surface area contributed by atoms with Gasteiger partial charge in [-0.2, -0.15) is 28.1 Å². The van der Waals surface area contributed by atoms with Crippen LogP contribution in [0.2, 0.25) is 5.15 Å². The van der Waals surface area contributed by atoms with Gasteiger partial charge in [-0.1, -0.05) is 17.6 Å². The highest BCUT2D eigenvalue weighted by atomic mass is 35.5. The molecule has 0 amide bonds. The lowest BCUT2D eigenvalue weighted by molar-refractivity contribution is -0.138. The van der Waals surface area contributed by atoms with E-state index in [1.807, 2.05) is 0 Å². The van der Waals surface area contributed by atoms with Gasteiger partial charge in [-0.15, -0.1) is 0 Å². The molecule has 130 valence electrons. The third-order valence-electron chi connectivity index (χ3n) is 2.40. The van der Waals surface area contributed by atoms with Crippen LogP contribution >= 0.6 is 11.6 Å². The maximum atomic E-state index is 13.4. The van der Waals surface area contributed by atoms with E-state index < -0.39 is 31.0 Å². The van der Waals surface area contributed by atoms with Gasteiger partial charge in [0.25, 0.3) is 0 Å². The van der Waals surface area contributed by atoms with E-state index in [2.05, 4.69) is 25.3 Å². The zero-order valence-electron chi connectivity index (χ0n) is 18.5. The van der Waals surface area contributed by atoms with E-state index in [0.717, 1.165) is 0 Å². The Kier molecular flexibility index (Phi) is 3.40. The van der Waals surface area contributed by atoms with Crippen molar-refractivity contribution < 1.29 is 21.4 Å². The van der Waals surface area contributed by atoms with Crippen LogP contribution in [-0.2, 0) is 0 Å². The molecule has 0 unspecified atom stereocenters. The van der Waals surface area contributed by atoms with Crippen molar-refractivity contribution in [2.75, 3.05) is 10.6 Å². The lowest BCUT2D eigenvalue weighted by Crippen LogP contribution is -2.34. The minimum absolute atomic E-state index is 0.0946. The average Bonchev–Trinajstić information content (AvgIpc) is 2.49. The number of aromatic nitrogens is 4. The Morgan fingerprint density at radius 1 is 1.17 bits per heavy atom. The molecule has 24 heavy (non-hydrogen) atoms. The molecule has 10 heteroatoms. The van der Waals surface area contributed by atoms with Gasteiger partial charge in [0.05, 0.1) is 4.11 Å². The van der Waals surface area contributed by atoms with E-state index in [9.17, 15) is 13.2 Å². The van der Waals surface area contributed by atoms with Crippen LogP contribution < -0.4 is 10.6 Å². The summed E-state index contributed by atoms with van der Waals surface area (Å²) < 4.78 is 84.7. The average molecular weight is 367 g/mol. The Morgan fingerprint density at radius 2 is 1.83 bits per heavy atom. The molecule has 2 rings (SSSR count). The number of pyridine rings is 1. The highest BCUT2D eigenvalue weighted by molar-refractivity contribution is 6.29. The van der Waals surface area contributed by atoms with Gasteiger partial charge >= 0.3 is 6.18 Å². The lowest BCUT2D eigenvalue weighted by atomic mass is 10.3. The smallest absolute Gasteiger partial charge is 0.352 e. The highest BCUT2D eigenvalue weighted by Gasteiger charge is 2.36. The predicted octanol–water partition coefficient (Wildman–Crippen LogP) is 3.77. The van der Waals surface area contributed by atoms with Crippen molar-refractivity contribution in [1.82, 2.24) is 19.9 Å². The van der Waals surface area contributed by atoms with Gasteiger partial charge < -0.3 is 10.6 Å². The van der Waals surface area contributed by atoms with E-state index in [1.54, 1.807) is 0 Å². The van der Waals surface area contributed by atoms with Gasteiger partial charge in [0.15, 0.2) is 5.82 Å². The Morgan fingerprint density at radius 3 is 2.38 bits per heavy atom. The fourth-order valence-electron chi connectivity index (χ4n) is 1.49. The van der Waals surface area contributed by atoms with Crippen molar-refractivity contribution in [2.24, 2.45) is 0 Å². The zero-order chi connectivity index (χ0) is 23.1. The van der Waals surface area contributed by atoms with Crippen molar-refractivity contribution in [2.45, 2.75) is 38.9 Å². The van der Waals surface area contributed by atoms with Crippen LogP contribution in [0.25, 0.3) is 11.5 Å². The van der Waals surface area contributed by atoms with Crippen LogP contribution in [0.15, 0.2) is 18.2 Å². The molecular weight excluding hydrogens is 345 g/mol. The summed E-state index contributed by atoms with van der Waals surface area (Å²) in [5.41, 5.74) is -0.111. The quantitative estimate of drug-likeness (QED) is 0.784. The first kappa shape index (κ1) is 11.4. The second-order valence-corrected chi connectivity index (χ2v) is 5.09. The van der Waals surface area contributed by atoms with E-state index in [-0.39, 0.29) is 28.7 Å². The van der Waals surface area contributed by atoms with Crippen molar-refractivity contribution >= 4 is 23.5 Å². The monoisotopic (exact) mass is 366 g/mol. The second kappa shape index (κ2) is 7.16. The first-order valence-corrected chi connectivity index (χ1v) is 6.83. The summed E-state index contributed by atoms with van der Waals surface area (Å²) in [6.45, 7) is -1.03. The fraction of sp³-hybridized carbons (Fsp3) is 0.429. The minimum atomic E-state index is -5.52. The van der Waals surface area contributed by atoms with Crippen LogP contribution in [0.3, 0.4) is 0 Å². The SMILES string of the molecule is [2H]c1cc(Cl)nc(-c2nc(NC([2H])(C)C)nc(N[C@]([2H])(C([2H])([2H])[2H])C(F)(F)F)n2)c1. The summed E-state index contributed by atoms with van der Waals surface area (Å²) >= 11 is 5.80. The normalized spacial score (nSPS) is 18.9. The Labute approximate surface area is 150 Å². The molecule has 0 aliphatic heterocycles. The number of nitrogens with one attached hydrogen (secondary N) is 2. The molecule has 2 heterocycles. The van der Waals surface area contributed by atoms with Gasteiger partial charge in [0.2, 0.25) is 11.9 Å².